The van der Waals surface area contributed by atoms with E-state index < -0.39 is 0 Å². The SMILES string of the molecule is COc1ccccc1C(CNC(=O)c1c(C)nn(-c2ccccc2)c1Cl)N1CCCC1. The van der Waals surface area contributed by atoms with Gasteiger partial charge in [-0.05, 0) is 51.1 Å². The number of hydrogen-bond acceptors (Lipinski definition) is 4. The normalized spacial score (nSPS) is 15.1. The average Bonchev–Trinajstić information content (AvgIpc) is 3.43. The highest BCUT2D eigenvalue weighted by Gasteiger charge is 2.28. The predicted octanol–water partition coefficient (Wildman–Crippen LogP) is 4.41. The molecule has 2 heterocycles. The highest BCUT2D eigenvalue weighted by atomic mass is 35.5. The Kier molecular flexibility index (Phi) is 6.59. The number of halogens is 1. The molecule has 1 aliphatic rings. The number of aryl methyl sites for hydroxylation is 1. The van der Waals surface area contributed by atoms with E-state index in [1.54, 1.807) is 18.7 Å². The van der Waals surface area contributed by atoms with Crippen LogP contribution in [0, 0.1) is 6.92 Å². The summed E-state index contributed by atoms with van der Waals surface area (Å²) in [4.78, 5) is 15.5. The van der Waals surface area contributed by atoms with Crippen LogP contribution in [0.2, 0.25) is 5.15 Å². The summed E-state index contributed by atoms with van der Waals surface area (Å²) in [5.41, 5.74) is 2.90. The van der Waals surface area contributed by atoms with Crippen molar-refractivity contribution < 1.29 is 9.53 Å². The van der Waals surface area contributed by atoms with E-state index in [4.69, 9.17) is 16.3 Å². The first-order valence-electron chi connectivity index (χ1n) is 10.6. The van der Waals surface area contributed by atoms with Crippen LogP contribution in [0.5, 0.6) is 5.75 Å². The van der Waals surface area contributed by atoms with E-state index in [0.29, 0.717) is 23.0 Å². The summed E-state index contributed by atoms with van der Waals surface area (Å²) in [6, 6.07) is 17.6. The van der Waals surface area contributed by atoms with Crippen molar-refractivity contribution in [3.8, 4) is 11.4 Å². The molecule has 162 valence electrons. The summed E-state index contributed by atoms with van der Waals surface area (Å²) >= 11 is 6.58. The Labute approximate surface area is 187 Å². The molecule has 1 N–H and O–H groups in total. The van der Waals surface area contributed by atoms with Crippen LogP contribution < -0.4 is 10.1 Å². The third kappa shape index (κ3) is 4.45. The van der Waals surface area contributed by atoms with Crippen molar-refractivity contribution in [2.75, 3.05) is 26.7 Å². The molecule has 31 heavy (non-hydrogen) atoms. The zero-order chi connectivity index (χ0) is 21.8. The standard InChI is InChI=1S/C24H27ClN4O2/c1-17-22(23(25)29(27-17)18-10-4-3-5-11-18)24(30)26-16-20(28-14-8-9-15-28)19-12-6-7-13-21(19)31-2/h3-7,10-13,20H,8-9,14-16H2,1-2H3,(H,26,30). The van der Waals surface area contributed by atoms with Crippen LogP contribution in [0.4, 0.5) is 0 Å². The van der Waals surface area contributed by atoms with E-state index in [2.05, 4.69) is 21.4 Å². The van der Waals surface area contributed by atoms with Crippen molar-refractivity contribution in [3.63, 3.8) is 0 Å². The minimum Gasteiger partial charge on any atom is -0.496 e. The number of nitrogens with one attached hydrogen (secondary N) is 1. The second kappa shape index (κ2) is 9.54. The molecular weight excluding hydrogens is 412 g/mol. The summed E-state index contributed by atoms with van der Waals surface area (Å²) < 4.78 is 7.20. The van der Waals surface area contributed by atoms with Gasteiger partial charge in [0.15, 0.2) is 0 Å². The maximum Gasteiger partial charge on any atom is 0.256 e. The van der Waals surface area contributed by atoms with Crippen LogP contribution in [0.1, 0.15) is 40.5 Å². The third-order valence-electron chi connectivity index (χ3n) is 5.77. The van der Waals surface area contributed by atoms with Crippen molar-refractivity contribution in [2.24, 2.45) is 0 Å². The Bertz CT molecular complexity index is 1040. The molecule has 0 bridgehead atoms. The van der Waals surface area contributed by atoms with Gasteiger partial charge in [-0.2, -0.15) is 5.10 Å². The third-order valence-corrected chi connectivity index (χ3v) is 6.12. The highest BCUT2D eigenvalue weighted by molar-refractivity contribution is 6.33. The lowest BCUT2D eigenvalue weighted by Gasteiger charge is -2.29. The number of methoxy groups -OCH3 is 1. The van der Waals surface area contributed by atoms with Crippen molar-refractivity contribution in [1.29, 1.82) is 0 Å². The first-order chi connectivity index (χ1) is 15.1. The molecule has 0 aliphatic carbocycles. The molecule has 3 aromatic rings. The topological polar surface area (TPSA) is 59.4 Å². The molecule has 1 aliphatic heterocycles. The van der Waals surface area contributed by atoms with Gasteiger partial charge in [0.2, 0.25) is 0 Å². The van der Waals surface area contributed by atoms with Gasteiger partial charge < -0.3 is 10.1 Å². The maximum absolute atomic E-state index is 13.1. The van der Waals surface area contributed by atoms with Gasteiger partial charge in [-0.15, -0.1) is 0 Å². The van der Waals surface area contributed by atoms with Gasteiger partial charge >= 0.3 is 0 Å². The average molecular weight is 439 g/mol. The number of ether oxygens (including phenoxy) is 1. The highest BCUT2D eigenvalue weighted by Crippen LogP contribution is 2.31. The molecule has 4 rings (SSSR count). The quantitative estimate of drug-likeness (QED) is 0.593. The summed E-state index contributed by atoms with van der Waals surface area (Å²) in [6.07, 6.45) is 2.32. The second-order valence-corrected chi connectivity index (χ2v) is 8.07. The summed E-state index contributed by atoms with van der Waals surface area (Å²) in [7, 11) is 1.68. The summed E-state index contributed by atoms with van der Waals surface area (Å²) in [5.74, 6) is 0.614. The first-order valence-corrected chi connectivity index (χ1v) is 10.9. The number of aromatic nitrogens is 2. The van der Waals surface area contributed by atoms with Crippen LogP contribution in [-0.2, 0) is 0 Å². The van der Waals surface area contributed by atoms with Gasteiger partial charge in [-0.1, -0.05) is 48.0 Å². The molecule has 1 unspecified atom stereocenters. The van der Waals surface area contributed by atoms with Crippen LogP contribution in [0.3, 0.4) is 0 Å². The molecule has 1 atom stereocenters. The number of carbonyl (C=O) groups excluding carboxylic acids is 1. The largest absolute Gasteiger partial charge is 0.496 e. The molecule has 1 fully saturated rings. The van der Waals surface area contributed by atoms with Crippen molar-refractivity contribution in [2.45, 2.75) is 25.8 Å². The number of rotatable bonds is 7. The molecule has 1 amide bonds. The molecule has 0 saturated carbocycles. The Hall–Kier alpha value is -2.83. The minimum absolute atomic E-state index is 0.0332. The molecule has 1 saturated heterocycles. The monoisotopic (exact) mass is 438 g/mol. The van der Waals surface area contributed by atoms with E-state index in [0.717, 1.165) is 42.9 Å². The second-order valence-electron chi connectivity index (χ2n) is 7.71. The Morgan fingerprint density at radius 2 is 1.81 bits per heavy atom. The minimum atomic E-state index is -0.219. The molecule has 0 spiro atoms. The predicted molar refractivity (Wildman–Crippen MR) is 122 cm³/mol. The molecule has 6 nitrogen and oxygen atoms in total. The van der Waals surface area contributed by atoms with Crippen molar-refractivity contribution >= 4 is 17.5 Å². The van der Waals surface area contributed by atoms with Crippen molar-refractivity contribution in [3.05, 3.63) is 76.6 Å². The number of benzene rings is 2. The number of likely N-dealkylation sites (tertiary alicyclic amines) is 1. The Balaban J connectivity index is 1.57. The number of carbonyl (C=O) groups is 1. The molecule has 0 radical (unpaired) electrons. The fourth-order valence-corrected chi connectivity index (χ4v) is 4.56. The number of para-hydroxylation sites is 2. The van der Waals surface area contributed by atoms with Gasteiger partial charge in [0.25, 0.3) is 5.91 Å². The number of amides is 1. The molecule has 1 aromatic heterocycles. The van der Waals surface area contributed by atoms with Crippen LogP contribution in [0.15, 0.2) is 54.6 Å². The van der Waals surface area contributed by atoms with Crippen molar-refractivity contribution in [1.82, 2.24) is 20.0 Å². The summed E-state index contributed by atoms with van der Waals surface area (Å²) in [5, 5.41) is 7.90. The lowest BCUT2D eigenvalue weighted by Crippen LogP contribution is -2.37. The fraction of sp³-hybridized carbons (Fsp3) is 0.333. The van der Waals surface area contributed by atoms with Gasteiger partial charge in [-0.3, -0.25) is 9.69 Å². The van der Waals surface area contributed by atoms with E-state index in [-0.39, 0.29) is 11.9 Å². The molecule has 2 aromatic carbocycles. The smallest absolute Gasteiger partial charge is 0.256 e. The van der Waals surface area contributed by atoms with E-state index in [1.807, 2.05) is 48.5 Å². The molecule has 7 heteroatoms. The van der Waals surface area contributed by atoms with Gasteiger partial charge in [0.1, 0.15) is 10.9 Å². The number of nitrogens with zero attached hydrogens (tertiary/aromatic N) is 3. The van der Waals surface area contributed by atoms with Gasteiger partial charge in [0, 0.05) is 12.1 Å². The van der Waals surface area contributed by atoms with Gasteiger partial charge in [0.05, 0.1) is 30.1 Å². The van der Waals surface area contributed by atoms with Gasteiger partial charge in [-0.25, -0.2) is 4.68 Å². The Morgan fingerprint density at radius 1 is 1.13 bits per heavy atom. The summed E-state index contributed by atoms with van der Waals surface area (Å²) in [6.45, 7) is 4.28. The van der Waals surface area contributed by atoms with Crippen LogP contribution in [-0.4, -0.2) is 47.3 Å². The van der Waals surface area contributed by atoms with E-state index >= 15 is 0 Å². The van der Waals surface area contributed by atoms with E-state index in [9.17, 15) is 4.79 Å². The van der Waals surface area contributed by atoms with Crippen LogP contribution >= 0.6 is 11.6 Å². The maximum atomic E-state index is 13.1. The number of hydrogen-bond donors (Lipinski definition) is 1. The lowest BCUT2D eigenvalue weighted by molar-refractivity contribution is 0.0937. The first kappa shape index (κ1) is 21.4. The zero-order valence-electron chi connectivity index (χ0n) is 17.8. The zero-order valence-corrected chi connectivity index (χ0v) is 18.6. The van der Waals surface area contributed by atoms with E-state index in [1.165, 1.54) is 0 Å². The van der Waals surface area contributed by atoms with Crippen LogP contribution in [0.25, 0.3) is 5.69 Å². The fourth-order valence-electron chi connectivity index (χ4n) is 4.21. The molecular formula is C24H27ClN4O2. The lowest BCUT2D eigenvalue weighted by atomic mass is 10.0. The Morgan fingerprint density at radius 3 is 2.52 bits per heavy atom.